The normalized spacial score (nSPS) is 11.8. The lowest BCUT2D eigenvalue weighted by Gasteiger charge is -2.13. The molecule has 4 nitrogen and oxygen atoms in total. The third kappa shape index (κ3) is 6.04. The van der Waals surface area contributed by atoms with Gasteiger partial charge in [-0.1, -0.05) is 12.1 Å². The third-order valence-corrected chi connectivity index (χ3v) is 3.04. The summed E-state index contributed by atoms with van der Waals surface area (Å²) in [6, 6.07) is 11.2. The van der Waals surface area contributed by atoms with E-state index in [1.165, 1.54) is 42.5 Å². The lowest BCUT2D eigenvalue weighted by atomic mass is 10.1. The Hall–Kier alpha value is -2.47. The fraction of sp³-hybridized carbons (Fsp3) is 0.235. The molecule has 6 heteroatoms. The highest BCUT2D eigenvalue weighted by Gasteiger charge is 2.09. The lowest BCUT2D eigenvalue weighted by molar-refractivity contribution is -0.121. The molecule has 2 N–H and O–H groups in total. The maximum Gasteiger partial charge on any atom is 0.224 e. The molecule has 0 unspecified atom stereocenters. The number of hydrogen-bond donors (Lipinski definition) is 2. The summed E-state index contributed by atoms with van der Waals surface area (Å²) in [6.45, 7) is -0.0266. The smallest absolute Gasteiger partial charge is 0.224 e. The van der Waals surface area contributed by atoms with Crippen molar-refractivity contribution in [3.05, 3.63) is 65.7 Å². The van der Waals surface area contributed by atoms with Crippen molar-refractivity contribution in [1.29, 1.82) is 0 Å². The number of amides is 1. The zero-order valence-electron chi connectivity index (χ0n) is 12.3. The average molecular weight is 321 g/mol. The summed E-state index contributed by atoms with van der Waals surface area (Å²) in [4.78, 5) is 11.7. The van der Waals surface area contributed by atoms with Gasteiger partial charge in [-0.15, -0.1) is 0 Å². The number of benzene rings is 2. The van der Waals surface area contributed by atoms with Gasteiger partial charge in [-0.05, 0) is 42.0 Å². The second kappa shape index (κ2) is 8.24. The Morgan fingerprint density at radius 3 is 2.57 bits per heavy atom. The van der Waals surface area contributed by atoms with E-state index in [0.717, 1.165) is 0 Å². The fourth-order valence-corrected chi connectivity index (χ4v) is 1.91. The number of aliphatic hydroxyl groups excluding tert-OH is 1. The van der Waals surface area contributed by atoms with E-state index in [-0.39, 0.29) is 31.3 Å². The van der Waals surface area contributed by atoms with E-state index >= 15 is 0 Å². The van der Waals surface area contributed by atoms with Crippen LogP contribution in [0.1, 0.15) is 5.56 Å². The number of rotatable bonds is 7. The van der Waals surface area contributed by atoms with E-state index in [0.29, 0.717) is 11.3 Å². The van der Waals surface area contributed by atoms with Crippen molar-refractivity contribution >= 4 is 5.91 Å². The van der Waals surface area contributed by atoms with Crippen LogP contribution in [-0.2, 0) is 11.2 Å². The fourth-order valence-electron chi connectivity index (χ4n) is 1.91. The van der Waals surface area contributed by atoms with Crippen LogP contribution in [0.5, 0.6) is 5.75 Å². The second-order valence-electron chi connectivity index (χ2n) is 5.03. The number of hydrogen-bond acceptors (Lipinski definition) is 3. The van der Waals surface area contributed by atoms with Crippen LogP contribution in [0, 0.1) is 11.6 Å². The van der Waals surface area contributed by atoms with Gasteiger partial charge in [0.15, 0.2) is 0 Å². The average Bonchev–Trinajstić information content (AvgIpc) is 2.52. The molecule has 0 aliphatic carbocycles. The first-order valence-electron chi connectivity index (χ1n) is 7.10. The molecule has 1 amide bonds. The molecule has 0 spiro atoms. The van der Waals surface area contributed by atoms with Crippen LogP contribution in [0.25, 0.3) is 0 Å². The highest BCUT2D eigenvalue weighted by atomic mass is 19.1. The van der Waals surface area contributed by atoms with Gasteiger partial charge in [0, 0.05) is 6.54 Å². The lowest BCUT2D eigenvalue weighted by Crippen LogP contribution is -2.36. The number of carbonyl (C=O) groups excluding carboxylic acids is 1. The number of aliphatic hydroxyl groups is 1. The summed E-state index contributed by atoms with van der Waals surface area (Å²) >= 11 is 0. The van der Waals surface area contributed by atoms with Crippen molar-refractivity contribution < 1.29 is 23.4 Å². The topological polar surface area (TPSA) is 58.6 Å². The van der Waals surface area contributed by atoms with Crippen LogP contribution < -0.4 is 10.1 Å². The molecule has 2 aromatic carbocycles. The first-order chi connectivity index (χ1) is 11.0. The van der Waals surface area contributed by atoms with E-state index in [9.17, 15) is 18.7 Å². The molecule has 0 saturated carbocycles. The Balaban J connectivity index is 1.70. The van der Waals surface area contributed by atoms with Crippen molar-refractivity contribution in [3.8, 4) is 5.75 Å². The minimum atomic E-state index is -0.906. The predicted octanol–water partition coefficient (Wildman–Crippen LogP) is 2.06. The first-order valence-corrected chi connectivity index (χ1v) is 7.10. The van der Waals surface area contributed by atoms with Gasteiger partial charge in [-0.3, -0.25) is 4.79 Å². The highest BCUT2D eigenvalue weighted by Crippen LogP contribution is 2.11. The molecule has 0 bridgehead atoms. The van der Waals surface area contributed by atoms with Gasteiger partial charge in [0.25, 0.3) is 0 Å². The maximum absolute atomic E-state index is 13.0. The summed E-state index contributed by atoms with van der Waals surface area (Å²) < 4.78 is 31.0. The van der Waals surface area contributed by atoms with E-state index in [2.05, 4.69) is 5.32 Å². The molecule has 0 aliphatic rings. The van der Waals surface area contributed by atoms with Crippen molar-refractivity contribution in [2.24, 2.45) is 0 Å². The molecule has 0 saturated heterocycles. The van der Waals surface area contributed by atoms with E-state index in [1.807, 2.05) is 0 Å². The van der Waals surface area contributed by atoms with Crippen molar-refractivity contribution in [1.82, 2.24) is 5.32 Å². The summed E-state index contributed by atoms with van der Waals surface area (Å²) in [6.07, 6.45) is -0.875. The summed E-state index contributed by atoms with van der Waals surface area (Å²) in [5.41, 5.74) is 0.555. The Morgan fingerprint density at radius 1 is 1.13 bits per heavy atom. The summed E-state index contributed by atoms with van der Waals surface area (Å²) in [5.74, 6) is -0.668. The minimum Gasteiger partial charge on any atom is -0.491 e. The molecule has 0 aromatic heterocycles. The van der Waals surface area contributed by atoms with E-state index in [4.69, 9.17) is 4.74 Å². The van der Waals surface area contributed by atoms with Gasteiger partial charge in [0.2, 0.25) is 5.91 Å². The van der Waals surface area contributed by atoms with Crippen LogP contribution in [0.2, 0.25) is 0 Å². The molecule has 122 valence electrons. The van der Waals surface area contributed by atoms with Crippen LogP contribution >= 0.6 is 0 Å². The molecular formula is C17H17F2NO3. The SMILES string of the molecule is O=C(Cc1cccc(F)c1)NC[C@@H](O)COc1ccc(F)cc1. The molecule has 2 rings (SSSR count). The highest BCUT2D eigenvalue weighted by molar-refractivity contribution is 5.78. The Kier molecular flexibility index (Phi) is 6.05. The van der Waals surface area contributed by atoms with E-state index < -0.39 is 11.9 Å². The molecular weight excluding hydrogens is 304 g/mol. The predicted molar refractivity (Wildman–Crippen MR) is 81.0 cm³/mol. The van der Waals surface area contributed by atoms with Crippen LogP contribution in [-0.4, -0.2) is 30.3 Å². The molecule has 1 atom stereocenters. The quantitative estimate of drug-likeness (QED) is 0.821. The first kappa shape index (κ1) is 16.9. The van der Waals surface area contributed by atoms with Gasteiger partial charge in [-0.25, -0.2) is 8.78 Å². The van der Waals surface area contributed by atoms with Gasteiger partial charge < -0.3 is 15.2 Å². The van der Waals surface area contributed by atoms with Crippen LogP contribution in [0.4, 0.5) is 8.78 Å². The molecule has 0 aliphatic heterocycles. The largest absolute Gasteiger partial charge is 0.491 e. The van der Waals surface area contributed by atoms with Gasteiger partial charge in [0.05, 0.1) is 6.42 Å². The number of carbonyl (C=O) groups is 1. The van der Waals surface area contributed by atoms with Crippen LogP contribution in [0.15, 0.2) is 48.5 Å². The Bertz CT molecular complexity index is 647. The Labute approximate surface area is 132 Å². The number of halogens is 2. The van der Waals surface area contributed by atoms with Gasteiger partial charge >= 0.3 is 0 Å². The molecule has 2 aromatic rings. The number of nitrogens with one attached hydrogen (secondary N) is 1. The van der Waals surface area contributed by atoms with Gasteiger partial charge in [-0.2, -0.15) is 0 Å². The zero-order chi connectivity index (χ0) is 16.7. The minimum absolute atomic E-state index is 0.00927. The van der Waals surface area contributed by atoms with Crippen molar-refractivity contribution in [3.63, 3.8) is 0 Å². The molecule has 23 heavy (non-hydrogen) atoms. The third-order valence-electron chi connectivity index (χ3n) is 3.04. The van der Waals surface area contributed by atoms with Crippen LogP contribution in [0.3, 0.4) is 0 Å². The van der Waals surface area contributed by atoms with Crippen molar-refractivity contribution in [2.75, 3.05) is 13.2 Å². The molecule has 0 heterocycles. The number of ether oxygens (including phenoxy) is 1. The summed E-state index contributed by atoms with van der Waals surface area (Å²) in [5, 5.41) is 12.3. The second-order valence-corrected chi connectivity index (χ2v) is 5.03. The Morgan fingerprint density at radius 2 is 1.87 bits per heavy atom. The van der Waals surface area contributed by atoms with Crippen molar-refractivity contribution in [2.45, 2.75) is 12.5 Å². The van der Waals surface area contributed by atoms with Gasteiger partial charge in [0.1, 0.15) is 30.1 Å². The standard InChI is InChI=1S/C17H17F2NO3/c18-13-4-6-16(7-5-13)23-11-15(21)10-20-17(22)9-12-2-1-3-14(19)8-12/h1-8,15,21H,9-11H2,(H,20,22)/t15-/m1/s1. The van der Waals surface area contributed by atoms with E-state index in [1.54, 1.807) is 6.07 Å². The monoisotopic (exact) mass is 321 g/mol. The maximum atomic E-state index is 13.0. The zero-order valence-corrected chi connectivity index (χ0v) is 12.3. The molecule has 0 radical (unpaired) electrons. The molecule has 0 fully saturated rings. The summed E-state index contributed by atoms with van der Waals surface area (Å²) in [7, 11) is 0.